The van der Waals surface area contributed by atoms with Crippen molar-refractivity contribution < 1.29 is 14.3 Å². The highest BCUT2D eigenvalue weighted by Gasteiger charge is 2.30. The van der Waals surface area contributed by atoms with Gasteiger partial charge in [-0.2, -0.15) is 0 Å². The summed E-state index contributed by atoms with van der Waals surface area (Å²) < 4.78 is 4.98. The molecule has 0 aliphatic heterocycles. The predicted molar refractivity (Wildman–Crippen MR) is 154 cm³/mol. The molecule has 1 amide bonds. The van der Waals surface area contributed by atoms with Crippen molar-refractivity contribution in [2.24, 2.45) is 5.92 Å². The molecule has 5 heteroatoms. The van der Waals surface area contributed by atoms with Crippen LogP contribution in [0.15, 0.2) is 72.3 Å². The second-order valence-electron chi connectivity index (χ2n) is 10.6. The van der Waals surface area contributed by atoms with Gasteiger partial charge in [0.2, 0.25) is 5.91 Å². The minimum atomic E-state index is -0.313. The molecule has 196 valence electrons. The van der Waals surface area contributed by atoms with Gasteiger partial charge in [-0.25, -0.2) is 4.79 Å². The van der Waals surface area contributed by atoms with Gasteiger partial charge in [-0.3, -0.25) is 4.79 Å². The number of nitrogens with zero attached hydrogens (tertiary/aromatic N) is 2. The van der Waals surface area contributed by atoms with Crippen LogP contribution >= 0.6 is 0 Å². The van der Waals surface area contributed by atoms with E-state index in [1.165, 1.54) is 24.8 Å². The number of ether oxygens (including phenoxy) is 1. The molecule has 38 heavy (non-hydrogen) atoms. The SMILES string of the molecule is COC(=O)C1=Cc2cccc(N(Cc3ccc(-c4ccc(N(C)C)cc4)cc3)C(=O)C3CCCCC3)c2C1. The molecule has 0 N–H and O–H groups in total. The predicted octanol–water partition coefficient (Wildman–Crippen LogP) is 6.65. The smallest absolute Gasteiger partial charge is 0.334 e. The van der Waals surface area contributed by atoms with Crippen LogP contribution in [0.4, 0.5) is 11.4 Å². The summed E-state index contributed by atoms with van der Waals surface area (Å²) in [6.45, 7) is 0.499. The van der Waals surface area contributed by atoms with E-state index < -0.39 is 0 Å². The van der Waals surface area contributed by atoms with E-state index >= 15 is 0 Å². The maximum absolute atomic E-state index is 14.0. The van der Waals surface area contributed by atoms with Crippen molar-refractivity contribution in [2.75, 3.05) is 31.0 Å². The fourth-order valence-electron chi connectivity index (χ4n) is 5.65. The molecule has 3 aromatic carbocycles. The molecule has 0 unspecified atom stereocenters. The topological polar surface area (TPSA) is 49.9 Å². The molecule has 0 radical (unpaired) electrons. The molecule has 5 nitrogen and oxygen atoms in total. The van der Waals surface area contributed by atoms with Gasteiger partial charge in [-0.05, 0) is 64.9 Å². The van der Waals surface area contributed by atoms with Crippen LogP contribution in [-0.2, 0) is 27.3 Å². The number of fused-ring (bicyclic) bond motifs is 1. The zero-order valence-corrected chi connectivity index (χ0v) is 22.6. The number of esters is 1. The van der Waals surface area contributed by atoms with Crippen LogP contribution < -0.4 is 9.80 Å². The second-order valence-corrected chi connectivity index (χ2v) is 10.6. The fraction of sp³-hybridized carbons (Fsp3) is 0.333. The lowest BCUT2D eigenvalue weighted by molar-refractivity contribution is -0.136. The summed E-state index contributed by atoms with van der Waals surface area (Å²) in [5.74, 6) is -0.0805. The molecule has 2 aliphatic carbocycles. The third-order valence-electron chi connectivity index (χ3n) is 7.85. The Hall–Kier alpha value is -3.86. The maximum Gasteiger partial charge on any atom is 0.334 e. The maximum atomic E-state index is 14.0. The third-order valence-corrected chi connectivity index (χ3v) is 7.85. The van der Waals surface area contributed by atoms with Crippen molar-refractivity contribution in [3.63, 3.8) is 0 Å². The first kappa shape index (κ1) is 25.8. The Morgan fingerprint density at radius 2 is 1.53 bits per heavy atom. The number of rotatable bonds is 7. The molecule has 0 bridgehead atoms. The Morgan fingerprint density at radius 3 is 2.16 bits per heavy atom. The minimum Gasteiger partial charge on any atom is -0.466 e. The summed E-state index contributed by atoms with van der Waals surface area (Å²) in [6.07, 6.45) is 7.67. The highest BCUT2D eigenvalue weighted by atomic mass is 16.5. The van der Waals surface area contributed by atoms with Crippen LogP contribution in [0.25, 0.3) is 17.2 Å². The van der Waals surface area contributed by atoms with Crippen molar-refractivity contribution in [2.45, 2.75) is 45.1 Å². The molecule has 0 aromatic heterocycles. The van der Waals surface area contributed by atoms with E-state index in [-0.39, 0.29) is 17.8 Å². The lowest BCUT2D eigenvalue weighted by Gasteiger charge is -2.31. The first-order chi connectivity index (χ1) is 18.4. The Morgan fingerprint density at radius 1 is 0.868 bits per heavy atom. The molecule has 0 heterocycles. The first-order valence-corrected chi connectivity index (χ1v) is 13.5. The van der Waals surface area contributed by atoms with Crippen LogP contribution in [-0.4, -0.2) is 33.1 Å². The third kappa shape index (κ3) is 5.38. The van der Waals surface area contributed by atoms with Gasteiger partial charge in [0.25, 0.3) is 0 Å². The fourth-order valence-corrected chi connectivity index (χ4v) is 5.65. The first-order valence-electron chi connectivity index (χ1n) is 13.5. The zero-order chi connectivity index (χ0) is 26.6. The summed E-state index contributed by atoms with van der Waals surface area (Å²) >= 11 is 0. The van der Waals surface area contributed by atoms with Crippen molar-refractivity contribution in [1.29, 1.82) is 0 Å². The van der Waals surface area contributed by atoms with E-state index in [2.05, 4.69) is 53.4 Å². The Bertz CT molecular complexity index is 1330. The minimum absolute atomic E-state index is 0.0449. The molecule has 0 atom stereocenters. The average Bonchev–Trinajstić information content (AvgIpc) is 3.41. The summed E-state index contributed by atoms with van der Waals surface area (Å²) in [5.41, 5.74) is 8.11. The average molecular weight is 509 g/mol. The standard InChI is InChI=1S/C33H36N2O3/c1-34(2)29-18-16-25(17-19-29)24-14-12-23(13-15-24)22-35(32(36)26-8-5-4-6-9-26)31-11-7-10-27-20-28(21-30(27)31)33(37)38-3/h7,10-20,26H,4-6,8-9,21-22H2,1-3H3. The normalized spacial score (nSPS) is 15.0. The molecular formula is C33H36N2O3. The van der Waals surface area contributed by atoms with Gasteiger partial charge in [0, 0.05) is 43.4 Å². The van der Waals surface area contributed by atoms with E-state index in [9.17, 15) is 9.59 Å². The lowest BCUT2D eigenvalue weighted by Crippen LogP contribution is -2.37. The number of carbonyl (C=O) groups is 2. The second kappa shape index (κ2) is 11.3. The van der Waals surface area contributed by atoms with E-state index in [1.807, 2.05) is 43.3 Å². The van der Waals surface area contributed by atoms with Crippen LogP contribution in [0.1, 0.15) is 48.8 Å². The van der Waals surface area contributed by atoms with Gasteiger partial charge in [0.15, 0.2) is 0 Å². The van der Waals surface area contributed by atoms with E-state index in [4.69, 9.17) is 4.74 Å². The Kier molecular flexibility index (Phi) is 7.64. The summed E-state index contributed by atoms with van der Waals surface area (Å²) in [6, 6.07) is 23.1. The summed E-state index contributed by atoms with van der Waals surface area (Å²) in [7, 11) is 5.49. The van der Waals surface area contributed by atoms with Gasteiger partial charge in [0.05, 0.1) is 13.7 Å². The Balaban J connectivity index is 1.43. The highest BCUT2D eigenvalue weighted by molar-refractivity contribution is 6.00. The quantitative estimate of drug-likeness (QED) is 0.336. The van der Waals surface area contributed by atoms with Crippen LogP contribution in [0.2, 0.25) is 0 Å². The van der Waals surface area contributed by atoms with E-state index in [0.29, 0.717) is 18.5 Å². The number of amides is 1. The van der Waals surface area contributed by atoms with E-state index in [0.717, 1.165) is 53.6 Å². The van der Waals surface area contributed by atoms with E-state index in [1.54, 1.807) is 0 Å². The summed E-state index contributed by atoms with van der Waals surface area (Å²) in [4.78, 5) is 30.3. The van der Waals surface area contributed by atoms with Crippen molar-refractivity contribution >= 4 is 29.3 Å². The molecular weight excluding hydrogens is 472 g/mol. The zero-order valence-electron chi connectivity index (χ0n) is 22.6. The molecule has 5 rings (SSSR count). The molecule has 1 fully saturated rings. The molecule has 1 saturated carbocycles. The number of anilines is 2. The van der Waals surface area contributed by atoms with Crippen molar-refractivity contribution in [3.8, 4) is 11.1 Å². The number of hydrogen-bond donors (Lipinski definition) is 0. The van der Waals surface area contributed by atoms with Gasteiger partial charge in [0.1, 0.15) is 0 Å². The number of methoxy groups -OCH3 is 1. The number of benzene rings is 3. The monoisotopic (exact) mass is 508 g/mol. The molecule has 0 saturated heterocycles. The van der Waals surface area contributed by atoms with Gasteiger partial charge in [-0.15, -0.1) is 0 Å². The van der Waals surface area contributed by atoms with Gasteiger partial charge < -0.3 is 14.5 Å². The summed E-state index contributed by atoms with van der Waals surface area (Å²) in [5, 5.41) is 0. The lowest BCUT2D eigenvalue weighted by atomic mass is 9.87. The van der Waals surface area contributed by atoms with Crippen LogP contribution in [0, 0.1) is 5.92 Å². The van der Waals surface area contributed by atoms with Gasteiger partial charge >= 0.3 is 5.97 Å². The molecule has 0 spiro atoms. The van der Waals surface area contributed by atoms with Crippen LogP contribution in [0.5, 0.6) is 0 Å². The Labute approximate surface area is 225 Å². The molecule has 2 aliphatic rings. The number of hydrogen-bond acceptors (Lipinski definition) is 4. The van der Waals surface area contributed by atoms with Crippen molar-refractivity contribution in [3.05, 3.63) is 89.0 Å². The highest BCUT2D eigenvalue weighted by Crippen LogP contribution is 2.37. The van der Waals surface area contributed by atoms with Gasteiger partial charge in [-0.1, -0.05) is 67.8 Å². The van der Waals surface area contributed by atoms with Crippen LogP contribution in [0.3, 0.4) is 0 Å². The molecule has 3 aromatic rings. The van der Waals surface area contributed by atoms with Crippen molar-refractivity contribution in [1.82, 2.24) is 0 Å². The largest absolute Gasteiger partial charge is 0.466 e. The number of carbonyl (C=O) groups excluding carboxylic acids is 2.